The SMILES string of the molecule is O=C(Cc1csc(NC(=O)Cc2cccs2)n1)NNC(=O)c1ccccc1O. The number of para-hydroxylation sites is 1. The maximum absolute atomic E-state index is 12.0. The van der Waals surface area contributed by atoms with Crippen LogP contribution >= 0.6 is 22.7 Å². The molecular weight excluding hydrogens is 400 g/mol. The normalized spacial score (nSPS) is 10.3. The Morgan fingerprint density at radius 3 is 2.54 bits per heavy atom. The number of hydrogen-bond donors (Lipinski definition) is 4. The van der Waals surface area contributed by atoms with E-state index in [0.717, 1.165) is 4.88 Å². The van der Waals surface area contributed by atoms with Gasteiger partial charge < -0.3 is 10.4 Å². The van der Waals surface area contributed by atoms with Gasteiger partial charge in [0, 0.05) is 10.3 Å². The minimum Gasteiger partial charge on any atom is -0.507 e. The Bertz CT molecular complexity index is 985. The zero-order valence-corrected chi connectivity index (χ0v) is 16.1. The summed E-state index contributed by atoms with van der Waals surface area (Å²) in [5.41, 5.74) is 5.01. The van der Waals surface area contributed by atoms with Gasteiger partial charge in [-0.15, -0.1) is 22.7 Å². The lowest BCUT2D eigenvalue weighted by Gasteiger charge is -2.07. The molecule has 0 aliphatic carbocycles. The van der Waals surface area contributed by atoms with Crippen LogP contribution in [0.15, 0.2) is 47.2 Å². The molecule has 0 spiro atoms. The largest absolute Gasteiger partial charge is 0.507 e. The van der Waals surface area contributed by atoms with E-state index in [9.17, 15) is 19.5 Å². The minimum atomic E-state index is -0.633. The van der Waals surface area contributed by atoms with E-state index in [0.29, 0.717) is 10.8 Å². The predicted molar refractivity (Wildman–Crippen MR) is 106 cm³/mol. The molecule has 1 aromatic carbocycles. The lowest BCUT2D eigenvalue weighted by Crippen LogP contribution is -2.42. The number of thiophene rings is 1. The third-order valence-electron chi connectivity index (χ3n) is 3.52. The summed E-state index contributed by atoms with van der Waals surface area (Å²) in [6.45, 7) is 0. The van der Waals surface area contributed by atoms with Crippen LogP contribution in [0.1, 0.15) is 20.9 Å². The van der Waals surface area contributed by atoms with Crippen molar-refractivity contribution in [2.75, 3.05) is 5.32 Å². The van der Waals surface area contributed by atoms with Crippen molar-refractivity contribution in [1.82, 2.24) is 15.8 Å². The van der Waals surface area contributed by atoms with Gasteiger partial charge in [-0.3, -0.25) is 25.2 Å². The molecule has 0 saturated heterocycles. The molecule has 4 N–H and O–H groups in total. The second-order valence-corrected chi connectivity index (χ2v) is 7.53. The summed E-state index contributed by atoms with van der Waals surface area (Å²) in [4.78, 5) is 41.0. The highest BCUT2D eigenvalue weighted by Gasteiger charge is 2.13. The standard InChI is InChI=1S/C18H16N4O4S2/c23-14-6-2-1-5-13(14)17(26)22-21-16(25)8-11-10-28-18(19-11)20-15(24)9-12-4-3-7-27-12/h1-7,10,23H,8-9H2,(H,21,25)(H,22,26)(H,19,20,24). The Balaban J connectivity index is 1.46. The number of carbonyl (C=O) groups is 3. The molecule has 0 radical (unpaired) electrons. The van der Waals surface area contributed by atoms with Gasteiger partial charge in [0.05, 0.1) is 24.1 Å². The monoisotopic (exact) mass is 416 g/mol. The zero-order chi connectivity index (χ0) is 19.9. The van der Waals surface area contributed by atoms with Crippen LogP contribution in [0.25, 0.3) is 0 Å². The molecule has 2 heterocycles. The number of hydrogen-bond acceptors (Lipinski definition) is 7. The van der Waals surface area contributed by atoms with Crippen molar-refractivity contribution in [2.24, 2.45) is 0 Å². The van der Waals surface area contributed by atoms with E-state index >= 15 is 0 Å². The van der Waals surface area contributed by atoms with Crippen LogP contribution in [0.3, 0.4) is 0 Å². The fourth-order valence-electron chi connectivity index (χ4n) is 2.25. The predicted octanol–water partition coefficient (Wildman–Crippen LogP) is 2.10. The first kappa shape index (κ1) is 19.5. The molecule has 0 bridgehead atoms. The van der Waals surface area contributed by atoms with Crippen molar-refractivity contribution >= 4 is 45.5 Å². The van der Waals surface area contributed by atoms with Gasteiger partial charge in [-0.05, 0) is 23.6 Å². The molecule has 10 heteroatoms. The van der Waals surface area contributed by atoms with Crippen molar-refractivity contribution in [2.45, 2.75) is 12.8 Å². The van der Waals surface area contributed by atoms with Crippen molar-refractivity contribution < 1.29 is 19.5 Å². The molecule has 0 saturated carbocycles. The highest BCUT2D eigenvalue weighted by molar-refractivity contribution is 7.14. The zero-order valence-electron chi connectivity index (χ0n) is 14.5. The third kappa shape index (κ3) is 5.38. The van der Waals surface area contributed by atoms with Gasteiger partial charge in [0.15, 0.2) is 5.13 Å². The van der Waals surface area contributed by atoms with Crippen LogP contribution < -0.4 is 16.2 Å². The Morgan fingerprint density at radius 2 is 1.79 bits per heavy atom. The molecular formula is C18H16N4O4S2. The molecule has 0 aliphatic heterocycles. The molecule has 8 nitrogen and oxygen atoms in total. The van der Waals surface area contributed by atoms with E-state index in [1.807, 2.05) is 17.5 Å². The third-order valence-corrected chi connectivity index (χ3v) is 5.20. The summed E-state index contributed by atoms with van der Waals surface area (Å²) >= 11 is 2.72. The van der Waals surface area contributed by atoms with Crippen molar-refractivity contribution in [3.63, 3.8) is 0 Å². The van der Waals surface area contributed by atoms with Crippen molar-refractivity contribution in [3.05, 3.63) is 63.3 Å². The van der Waals surface area contributed by atoms with Gasteiger partial charge >= 0.3 is 0 Å². The molecule has 3 rings (SSSR count). The van der Waals surface area contributed by atoms with Crippen molar-refractivity contribution in [1.29, 1.82) is 0 Å². The second kappa shape index (κ2) is 9.11. The summed E-state index contributed by atoms with van der Waals surface area (Å²) in [5.74, 6) is -1.48. The van der Waals surface area contributed by atoms with Gasteiger partial charge in [0.1, 0.15) is 5.75 Å². The molecule has 28 heavy (non-hydrogen) atoms. The number of benzene rings is 1. The van der Waals surface area contributed by atoms with E-state index in [-0.39, 0.29) is 30.1 Å². The smallest absolute Gasteiger partial charge is 0.273 e. The fourth-order valence-corrected chi connectivity index (χ4v) is 3.68. The summed E-state index contributed by atoms with van der Waals surface area (Å²) in [6.07, 6.45) is 0.198. The lowest BCUT2D eigenvalue weighted by molar-refractivity contribution is -0.121. The molecule has 0 unspecified atom stereocenters. The Kier molecular flexibility index (Phi) is 6.35. The number of phenols is 1. The van der Waals surface area contributed by atoms with Gasteiger partial charge in [-0.1, -0.05) is 18.2 Å². The number of aromatic hydroxyl groups is 1. The first-order chi connectivity index (χ1) is 13.5. The van der Waals surface area contributed by atoms with Crippen LogP contribution in [-0.4, -0.2) is 27.8 Å². The molecule has 2 aromatic heterocycles. The number of carbonyl (C=O) groups excluding carboxylic acids is 3. The maximum atomic E-state index is 12.0. The van der Waals surface area contributed by atoms with E-state index in [4.69, 9.17) is 0 Å². The minimum absolute atomic E-state index is 0.0483. The highest BCUT2D eigenvalue weighted by atomic mass is 32.1. The van der Waals surface area contributed by atoms with Crippen LogP contribution in [-0.2, 0) is 22.4 Å². The molecule has 144 valence electrons. The van der Waals surface area contributed by atoms with Crippen molar-refractivity contribution in [3.8, 4) is 5.75 Å². The van der Waals surface area contributed by atoms with E-state index in [1.165, 1.54) is 34.8 Å². The number of hydrazine groups is 1. The van der Waals surface area contributed by atoms with Gasteiger partial charge in [-0.2, -0.15) is 0 Å². The van der Waals surface area contributed by atoms with Crippen LogP contribution in [0, 0.1) is 0 Å². The fraction of sp³-hybridized carbons (Fsp3) is 0.111. The summed E-state index contributed by atoms with van der Waals surface area (Å²) in [7, 11) is 0. The number of aromatic nitrogens is 1. The Labute approximate surface area is 168 Å². The molecule has 0 aliphatic rings. The Hall–Kier alpha value is -3.24. The summed E-state index contributed by atoms with van der Waals surface area (Å²) < 4.78 is 0. The van der Waals surface area contributed by atoms with Crippen LogP contribution in [0.2, 0.25) is 0 Å². The average Bonchev–Trinajstić information content (AvgIpc) is 3.32. The molecule has 0 fully saturated rings. The highest BCUT2D eigenvalue weighted by Crippen LogP contribution is 2.17. The number of nitrogens with zero attached hydrogens (tertiary/aromatic N) is 1. The number of phenolic OH excluding ortho intramolecular Hbond substituents is 1. The van der Waals surface area contributed by atoms with E-state index in [2.05, 4.69) is 21.2 Å². The Morgan fingerprint density at radius 1 is 0.964 bits per heavy atom. The second-order valence-electron chi connectivity index (χ2n) is 5.64. The number of thiazole rings is 1. The number of amides is 3. The molecule has 3 aromatic rings. The topological polar surface area (TPSA) is 120 Å². The molecule has 3 amide bonds. The van der Waals surface area contributed by atoms with Crippen LogP contribution in [0.5, 0.6) is 5.75 Å². The van der Waals surface area contributed by atoms with Crippen LogP contribution in [0.4, 0.5) is 5.13 Å². The van der Waals surface area contributed by atoms with Gasteiger partial charge in [-0.25, -0.2) is 4.98 Å². The average molecular weight is 416 g/mol. The van der Waals surface area contributed by atoms with E-state index < -0.39 is 11.8 Å². The van der Waals surface area contributed by atoms with E-state index in [1.54, 1.807) is 17.5 Å². The first-order valence-electron chi connectivity index (χ1n) is 8.15. The summed E-state index contributed by atoms with van der Waals surface area (Å²) in [6, 6.07) is 9.75. The van der Waals surface area contributed by atoms with Gasteiger partial charge in [0.2, 0.25) is 11.8 Å². The molecule has 0 atom stereocenters. The summed E-state index contributed by atoms with van der Waals surface area (Å²) in [5, 5.41) is 16.3. The maximum Gasteiger partial charge on any atom is 0.273 e. The van der Waals surface area contributed by atoms with Gasteiger partial charge in [0.25, 0.3) is 5.91 Å². The number of anilines is 1. The number of rotatable bonds is 6. The first-order valence-corrected chi connectivity index (χ1v) is 9.91. The quantitative estimate of drug-likeness (QED) is 0.459. The lowest BCUT2D eigenvalue weighted by atomic mass is 10.2. The number of nitrogens with one attached hydrogen (secondary N) is 3.